The minimum Gasteiger partial charge on any atom is -0.475 e. The number of carboxylic acid groups (broad SMARTS) is 1. The minimum absolute atomic E-state index is 0.227. The number of aliphatic carboxylic acids is 1. The van der Waals surface area contributed by atoms with Crippen LogP contribution in [0.25, 0.3) is 0 Å². The topological polar surface area (TPSA) is 91.6 Å². The first-order chi connectivity index (χ1) is 13.7. The number of piperidine rings is 1. The van der Waals surface area contributed by atoms with Crippen LogP contribution in [0.4, 0.5) is 18.9 Å². The Hall–Kier alpha value is -2.47. The number of carbonyl (C=O) groups excluding carboxylic acids is 1. The Morgan fingerprint density at radius 3 is 2.62 bits per heavy atom. The van der Waals surface area contributed by atoms with Gasteiger partial charge < -0.3 is 10.0 Å². The molecule has 29 heavy (non-hydrogen) atoms. The fourth-order valence-corrected chi connectivity index (χ4v) is 4.36. The van der Waals surface area contributed by atoms with E-state index in [-0.39, 0.29) is 11.9 Å². The van der Waals surface area contributed by atoms with Gasteiger partial charge in [0.25, 0.3) is 0 Å². The maximum absolute atomic E-state index is 12.4. The molecule has 1 amide bonds. The zero-order chi connectivity index (χ0) is 21.2. The molecule has 2 aliphatic heterocycles. The number of carboxylic acids is 1. The lowest BCUT2D eigenvalue weighted by molar-refractivity contribution is -0.192. The number of hydrogen-bond donors (Lipinski definition) is 1. The molecular weight excluding hydrogens is 411 g/mol. The van der Waals surface area contributed by atoms with E-state index in [1.165, 1.54) is 0 Å². The van der Waals surface area contributed by atoms with E-state index >= 15 is 0 Å². The zero-order valence-corrected chi connectivity index (χ0v) is 16.4. The number of amides is 1. The normalized spacial score (nSPS) is 22.2. The summed E-state index contributed by atoms with van der Waals surface area (Å²) in [6.07, 6.45) is 3.10. The van der Waals surface area contributed by atoms with Crippen LogP contribution >= 0.6 is 11.3 Å². The Morgan fingerprint density at radius 1 is 1.34 bits per heavy atom. The van der Waals surface area contributed by atoms with E-state index in [2.05, 4.69) is 15.0 Å². The molecule has 4 rings (SSSR count). The predicted octanol–water partition coefficient (Wildman–Crippen LogP) is 2.28. The number of fused-ring (bicyclic) bond motifs is 1. The Labute approximate surface area is 168 Å². The molecule has 8 nitrogen and oxygen atoms in total. The van der Waals surface area contributed by atoms with Gasteiger partial charge in [-0.3, -0.25) is 14.4 Å². The van der Waals surface area contributed by atoms with Crippen LogP contribution in [0.1, 0.15) is 24.3 Å². The van der Waals surface area contributed by atoms with Gasteiger partial charge in [-0.25, -0.2) is 9.78 Å². The lowest BCUT2D eigenvalue weighted by Gasteiger charge is -2.39. The van der Waals surface area contributed by atoms with E-state index in [4.69, 9.17) is 9.90 Å². The number of carbonyl (C=O) groups is 2. The highest BCUT2D eigenvalue weighted by Gasteiger charge is 2.44. The van der Waals surface area contributed by atoms with Crippen molar-refractivity contribution in [3.8, 4) is 0 Å². The molecule has 0 unspecified atom stereocenters. The Bertz CT molecular complexity index is 855. The maximum Gasteiger partial charge on any atom is 0.490 e. The summed E-state index contributed by atoms with van der Waals surface area (Å²) in [7, 11) is 1.89. The van der Waals surface area contributed by atoms with Crippen molar-refractivity contribution in [2.45, 2.75) is 44.1 Å². The van der Waals surface area contributed by atoms with E-state index in [0.717, 1.165) is 36.6 Å². The molecule has 2 aromatic rings. The molecule has 0 saturated carbocycles. The van der Waals surface area contributed by atoms with Crippen molar-refractivity contribution >= 4 is 28.9 Å². The first-order valence-electron chi connectivity index (χ1n) is 8.90. The number of halogens is 3. The number of aryl methyl sites for hydroxylation is 1. The summed E-state index contributed by atoms with van der Waals surface area (Å²) >= 11 is 1.70. The van der Waals surface area contributed by atoms with Gasteiger partial charge >= 0.3 is 12.1 Å². The smallest absolute Gasteiger partial charge is 0.475 e. The van der Waals surface area contributed by atoms with Crippen molar-refractivity contribution in [3.05, 3.63) is 29.0 Å². The average molecular weight is 431 g/mol. The third kappa shape index (κ3) is 4.93. The molecule has 2 aliphatic rings. The standard InChI is InChI=1S/C15H19N5OS.C2HF3O2/c1-18-9-11(8-17-18)20-13-4-6-19(10-14-16-5-7-22-14)12(13)2-3-15(20)21;3-2(4,5)1(6)7/h5,7-9,12-13H,2-4,6,10H2,1H3;(H,6,7)/t12-,13-;/m1./s1. The van der Waals surface area contributed by atoms with Crippen molar-refractivity contribution in [2.24, 2.45) is 7.05 Å². The molecule has 1 N–H and O–H groups in total. The van der Waals surface area contributed by atoms with E-state index < -0.39 is 12.1 Å². The van der Waals surface area contributed by atoms with E-state index in [0.29, 0.717) is 12.5 Å². The third-order valence-corrected chi connectivity index (χ3v) is 5.68. The second-order valence-corrected chi connectivity index (χ2v) is 7.78. The van der Waals surface area contributed by atoms with Crippen LogP contribution in [0.2, 0.25) is 0 Å². The summed E-state index contributed by atoms with van der Waals surface area (Å²) in [6, 6.07) is 0.701. The summed E-state index contributed by atoms with van der Waals surface area (Å²) in [5, 5.41) is 14.5. The van der Waals surface area contributed by atoms with Gasteiger partial charge in [-0.1, -0.05) is 0 Å². The molecule has 2 atom stereocenters. The summed E-state index contributed by atoms with van der Waals surface area (Å²) in [5.41, 5.74) is 0.929. The van der Waals surface area contributed by atoms with Crippen molar-refractivity contribution < 1.29 is 27.9 Å². The SMILES string of the molecule is Cn1cc(N2C(=O)CC[C@@H]3[C@H]2CCN3Cc2nccs2)cn1.O=C(O)C(F)(F)F. The van der Waals surface area contributed by atoms with Crippen LogP contribution in [0.5, 0.6) is 0 Å². The molecule has 0 aliphatic carbocycles. The molecule has 2 aromatic heterocycles. The fraction of sp³-hybridized carbons (Fsp3) is 0.529. The van der Waals surface area contributed by atoms with Crippen LogP contribution in [0, 0.1) is 0 Å². The maximum atomic E-state index is 12.4. The van der Waals surface area contributed by atoms with Crippen molar-refractivity contribution in [1.82, 2.24) is 19.7 Å². The minimum atomic E-state index is -5.08. The van der Waals surface area contributed by atoms with E-state index in [9.17, 15) is 18.0 Å². The molecule has 158 valence electrons. The molecule has 0 bridgehead atoms. The number of rotatable bonds is 3. The average Bonchev–Trinajstić information content (AvgIpc) is 3.37. The molecule has 4 heterocycles. The van der Waals surface area contributed by atoms with E-state index in [1.807, 2.05) is 29.7 Å². The lowest BCUT2D eigenvalue weighted by atomic mass is 9.96. The molecule has 0 aromatic carbocycles. The van der Waals surface area contributed by atoms with Crippen LogP contribution < -0.4 is 4.90 Å². The van der Waals surface area contributed by atoms with Gasteiger partial charge in [0, 0.05) is 43.8 Å². The zero-order valence-electron chi connectivity index (χ0n) is 15.5. The fourth-order valence-electron chi connectivity index (χ4n) is 3.72. The van der Waals surface area contributed by atoms with E-state index in [1.54, 1.807) is 22.2 Å². The Balaban J connectivity index is 0.000000298. The van der Waals surface area contributed by atoms with Crippen molar-refractivity contribution in [2.75, 3.05) is 11.4 Å². The number of alkyl halides is 3. The molecule has 2 fully saturated rings. The Kier molecular flexibility index (Phi) is 6.22. The monoisotopic (exact) mass is 431 g/mol. The number of likely N-dealkylation sites (tertiary alicyclic amines) is 1. The summed E-state index contributed by atoms with van der Waals surface area (Å²) in [6.45, 7) is 1.92. The quantitative estimate of drug-likeness (QED) is 0.802. The number of hydrogen-bond acceptors (Lipinski definition) is 6. The van der Waals surface area contributed by atoms with Gasteiger partial charge in [0.2, 0.25) is 5.91 Å². The van der Waals surface area contributed by atoms with Gasteiger partial charge in [0.1, 0.15) is 5.01 Å². The third-order valence-electron chi connectivity index (χ3n) is 4.91. The largest absolute Gasteiger partial charge is 0.490 e. The van der Waals surface area contributed by atoms with Crippen molar-refractivity contribution in [1.29, 1.82) is 0 Å². The summed E-state index contributed by atoms with van der Waals surface area (Å²) < 4.78 is 33.5. The Morgan fingerprint density at radius 2 is 2.07 bits per heavy atom. The van der Waals surface area contributed by atoms with Gasteiger partial charge in [-0.15, -0.1) is 11.3 Å². The van der Waals surface area contributed by atoms with Crippen molar-refractivity contribution in [3.63, 3.8) is 0 Å². The lowest BCUT2D eigenvalue weighted by Crippen LogP contribution is -2.52. The van der Waals surface area contributed by atoms with Gasteiger partial charge in [-0.05, 0) is 12.8 Å². The van der Waals surface area contributed by atoms with Gasteiger partial charge in [0.15, 0.2) is 0 Å². The molecule has 0 spiro atoms. The number of thiazole rings is 1. The molecule has 0 radical (unpaired) electrons. The first kappa shape index (κ1) is 21.2. The second-order valence-electron chi connectivity index (χ2n) is 6.80. The van der Waals surface area contributed by atoms with Crippen LogP contribution in [-0.2, 0) is 23.2 Å². The van der Waals surface area contributed by atoms with Crippen LogP contribution in [0.15, 0.2) is 24.0 Å². The number of anilines is 1. The highest BCUT2D eigenvalue weighted by atomic mass is 32.1. The van der Waals surface area contributed by atoms with Gasteiger partial charge in [0.05, 0.1) is 24.5 Å². The van der Waals surface area contributed by atoms with Crippen LogP contribution in [-0.4, -0.2) is 61.5 Å². The first-order valence-corrected chi connectivity index (χ1v) is 9.78. The molecular formula is C17H20F3N5O3S. The summed E-state index contributed by atoms with van der Waals surface area (Å²) in [4.78, 5) is 30.2. The van der Waals surface area contributed by atoms with Gasteiger partial charge in [-0.2, -0.15) is 18.3 Å². The summed E-state index contributed by atoms with van der Waals surface area (Å²) in [5.74, 6) is -2.53. The predicted molar refractivity (Wildman–Crippen MR) is 98.3 cm³/mol. The number of aromatic nitrogens is 3. The number of nitrogens with zero attached hydrogens (tertiary/aromatic N) is 5. The molecule has 12 heteroatoms. The highest BCUT2D eigenvalue weighted by molar-refractivity contribution is 7.09. The molecule has 2 saturated heterocycles. The second kappa shape index (κ2) is 8.49. The highest BCUT2D eigenvalue weighted by Crippen LogP contribution is 2.35. The van der Waals surface area contributed by atoms with Crippen LogP contribution in [0.3, 0.4) is 0 Å².